The maximum Gasteiger partial charge on any atom is 0.253 e. The van der Waals surface area contributed by atoms with Crippen LogP contribution in [0.15, 0.2) is 59.5 Å². The van der Waals surface area contributed by atoms with E-state index in [-0.39, 0.29) is 18.4 Å². The number of amidine groups is 1. The molecule has 1 saturated carbocycles. The van der Waals surface area contributed by atoms with Gasteiger partial charge in [0.15, 0.2) is 5.65 Å². The average Bonchev–Trinajstić information content (AvgIpc) is 3.44. The van der Waals surface area contributed by atoms with Crippen molar-refractivity contribution >= 4 is 40.7 Å². The molecule has 0 bridgehead atoms. The number of carbonyl (C=O) groups excluding carboxylic acids is 2. The Morgan fingerprint density at radius 2 is 2.17 bits per heavy atom. The molecule has 4 rings (SSSR count). The number of nitrogens with one attached hydrogen (secondary N) is 2. The van der Waals surface area contributed by atoms with E-state index in [2.05, 4.69) is 28.7 Å². The number of nitrogens with zero attached hydrogens (tertiary/aromatic N) is 4. The third kappa shape index (κ3) is 5.72. The summed E-state index contributed by atoms with van der Waals surface area (Å²) in [6.07, 6.45) is 12.5. The van der Waals surface area contributed by atoms with Gasteiger partial charge in [0.05, 0.1) is 22.3 Å². The number of carbonyl (C=O) groups is 2. The molecule has 9 nitrogen and oxygen atoms in total. The minimum absolute atomic E-state index is 0.205. The summed E-state index contributed by atoms with van der Waals surface area (Å²) in [5, 5.41) is 2.91. The first-order chi connectivity index (χ1) is 17.4. The van der Waals surface area contributed by atoms with Crippen LogP contribution in [0.5, 0.6) is 0 Å². The van der Waals surface area contributed by atoms with Gasteiger partial charge in [-0.25, -0.2) is 15.8 Å². The Balaban J connectivity index is 1.72. The lowest BCUT2D eigenvalue weighted by molar-refractivity contribution is -0.104. The Morgan fingerprint density at radius 1 is 1.36 bits per heavy atom. The number of amides is 1. The molecule has 3 aromatic heterocycles. The zero-order valence-corrected chi connectivity index (χ0v) is 21.5. The van der Waals surface area contributed by atoms with Gasteiger partial charge < -0.3 is 15.6 Å². The summed E-state index contributed by atoms with van der Waals surface area (Å²) in [6.45, 7) is 2.26. The van der Waals surface area contributed by atoms with Crippen LogP contribution in [0.3, 0.4) is 0 Å². The van der Waals surface area contributed by atoms with E-state index in [1.54, 1.807) is 35.9 Å². The highest BCUT2D eigenvalue weighted by atomic mass is 32.1. The van der Waals surface area contributed by atoms with Crippen molar-refractivity contribution in [3.05, 3.63) is 65.0 Å². The van der Waals surface area contributed by atoms with Crippen LogP contribution in [0.25, 0.3) is 16.2 Å². The van der Waals surface area contributed by atoms with Crippen LogP contribution in [0.1, 0.15) is 34.5 Å². The molecule has 1 fully saturated rings. The van der Waals surface area contributed by atoms with E-state index in [9.17, 15) is 9.59 Å². The molecular formula is C26H31N7O2S. The molecule has 0 aliphatic heterocycles. The second kappa shape index (κ2) is 11.3. The summed E-state index contributed by atoms with van der Waals surface area (Å²) >= 11 is 1.66. The van der Waals surface area contributed by atoms with E-state index in [4.69, 9.17) is 10.8 Å². The number of aromatic nitrogens is 2. The van der Waals surface area contributed by atoms with Crippen LogP contribution in [0.2, 0.25) is 0 Å². The van der Waals surface area contributed by atoms with Crippen LogP contribution in [0, 0.1) is 12.8 Å². The van der Waals surface area contributed by atoms with Gasteiger partial charge in [-0.2, -0.15) is 0 Å². The first-order valence-corrected chi connectivity index (χ1v) is 12.6. The third-order valence-corrected chi connectivity index (χ3v) is 7.07. The molecule has 0 saturated heterocycles. The van der Waals surface area contributed by atoms with Crippen molar-refractivity contribution in [2.24, 2.45) is 16.8 Å². The van der Waals surface area contributed by atoms with Gasteiger partial charge in [0.1, 0.15) is 17.8 Å². The van der Waals surface area contributed by atoms with E-state index in [0.29, 0.717) is 34.6 Å². The van der Waals surface area contributed by atoms with E-state index < -0.39 is 0 Å². The van der Waals surface area contributed by atoms with Crippen molar-refractivity contribution in [3.8, 4) is 10.6 Å². The fourth-order valence-corrected chi connectivity index (χ4v) is 4.75. The number of hydrogen-bond acceptors (Lipinski definition) is 7. The first-order valence-electron chi connectivity index (χ1n) is 11.8. The quantitative estimate of drug-likeness (QED) is 0.0778. The number of aldehydes is 1. The molecule has 36 heavy (non-hydrogen) atoms. The van der Waals surface area contributed by atoms with Crippen LogP contribution in [-0.4, -0.2) is 53.0 Å². The van der Waals surface area contributed by atoms with Crippen LogP contribution < -0.4 is 16.6 Å². The maximum atomic E-state index is 13.2. The normalized spacial score (nSPS) is 14.8. The number of pyridine rings is 1. The maximum absolute atomic E-state index is 13.2. The molecule has 10 heteroatoms. The van der Waals surface area contributed by atoms with E-state index >= 15 is 0 Å². The molecule has 1 amide bonds. The lowest BCUT2D eigenvalue weighted by atomic mass is 9.84. The third-order valence-electron chi connectivity index (χ3n) is 6.04. The highest BCUT2D eigenvalue weighted by Crippen LogP contribution is 2.33. The minimum Gasteiger partial charge on any atom is -0.383 e. The summed E-state index contributed by atoms with van der Waals surface area (Å²) in [6, 6.07) is 5.84. The fraction of sp³-hybridized carbons (Fsp3) is 0.308. The number of hydrogen-bond donors (Lipinski definition) is 3. The van der Waals surface area contributed by atoms with Crippen molar-refractivity contribution in [1.29, 1.82) is 0 Å². The zero-order chi connectivity index (χ0) is 25.7. The van der Waals surface area contributed by atoms with Gasteiger partial charge in [-0.3, -0.25) is 14.0 Å². The van der Waals surface area contributed by atoms with Gasteiger partial charge in [-0.15, -0.1) is 11.3 Å². The number of aryl methyl sites for hydroxylation is 1. The lowest BCUT2D eigenvalue weighted by Gasteiger charge is -2.26. The van der Waals surface area contributed by atoms with E-state index in [0.717, 1.165) is 29.8 Å². The van der Waals surface area contributed by atoms with Crippen molar-refractivity contribution in [2.75, 3.05) is 20.6 Å². The van der Waals surface area contributed by atoms with Gasteiger partial charge in [0, 0.05) is 37.6 Å². The number of rotatable bonds is 9. The van der Waals surface area contributed by atoms with E-state index in [1.807, 2.05) is 35.7 Å². The monoisotopic (exact) mass is 505 g/mol. The summed E-state index contributed by atoms with van der Waals surface area (Å²) in [5.41, 5.74) is 5.96. The van der Waals surface area contributed by atoms with Gasteiger partial charge >= 0.3 is 0 Å². The molecule has 0 aromatic carbocycles. The predicted octanol–water partition coefficient (Wildman–Crippen LogP) is 3.60. The fourth-order valence-electron chi connectivity index (χ4n) is 3.87. The Hall–Kier alpha value is -3.76. The summed E-state index contributed by atoms with van der Waals surface area (Å²) < 4.78 is 1.90. The van der Waals surface area contributed by atoms with Gasteiger partial charge in [-0.1, -0.05) is 6.42 Å². The van der Waals surface area contributed by atoms with Crippen LogP contribution in [0.4, 0.5) is 5.69 Å². The van der Waals surface area contributed by atoms with Crippen molar-refractivity contribution in [2.45, 2.75) is 26.2 Å². The number of nitrogens with two attached hydrogens (primary N) is 1. The van der Waals surface area contributed by atoms with Crippen LogP contribution in [-0.2, 0) is 4.79 Å². The molecule has 0 atom stereocenters. The zero-order valence-electron chi connectivity index (χ0n) is 20.7. The highest BCUT2D eigenvalue weighted by Gasteiger charge is 2.24. The van der Waals surface area contributed by atoms with Gasteiger partial charge in [0.25, 0.3) is 5.91 Å². The number of thiophene rings is 1. The Morgan fingerprint density at radius 3 is 2.78 bits per heavy atom. The molecule has 1 aliphatic carbocycles. The molecule has 3 heterocycles. The second-order valence-electron chi connectivity index (χ2n) is 8.97. The van der Waals surface area contributed by atoms with Crippen molar-refractivity contribution in [3.63, 3.8) is 0 Å². The molecule has 0 spiro atoms. The first kappa shape index (κ1) is 25.3. The average molecular weight is 506 g/mol. The van der Waals surface area contributed by atoms with Crippen molar-refractivity contribution in [1.82, 2.24) is 25.0 Å². The standard InChI is InChI=1S/C26H31N7O2S/c1-17-7-8-23(36-17)22-15-28-25-21(30-24(31-27)19-5-4-6-19)13-20(16-33(22)25)26(35)29-14-18(10-12-34)9-11-32(2)3/h7-13,15-16,19H,4-6,14,27H2,1-3H3,(H,29,35)(H,30,31)/b11-9-,18-10+. The SMILES string of the molecule is Cc1ccc(-c2cnc3c(N=C(NN)C4CCC4)cc(C(=O)NCC(/C=C\N(C)C)=C/C=O)cn23)s1. The molecule has 4 N–H and O–H groups in total. The number of allylic oxidation sites excluding steroid dienone is 1. The smallest absolute Gasteiger partial charge is 0.253 e. The van der Waals surface area contributed by atoms with Crippen molar-refractivity contribution < 1.29 is 9.59 Å². The Labute approximate surface area is 214 Å². The molecule has 3 aromatic rings. The van der Waals surface area contributed by atoms with Gasteiger partial charge in [-0.05, 0) is 61.9 Å². The molecule has 1 aliphatic rings. The van der Waals surface area contributed by atoms with Gasteiger partial charge in [0.2, 0.25) is 0 Å². The van der Waals surface area contributed by atoms with E-state index in [1.165, 1.54) is 11.0 Å². The lowest BCUT2D eigenvalue weighted by Crippen LogP contribution is -2.38. The second-order valence-corrected chi connectivity index (χ2v) is 10.3. The minimum atomic E-state index is -0.281. The number of imidazole rings is 1. The molecule has 188 valence electrons. The number of fused-ring (bicyclic) bond motifs is 1. The molecule has 0 radical (unpaired) electrons. The van der Waals surface area contributed by atoms with Crippen LogP contribution >= 0.6 is 11.3 Å². The Kier molecular flexibility index (Phi) is 7.97. The summed E-state index contributed by atoms with van der Waals surface area (Å²) in [5.74, 6) is 6.50. The summed E-state index contributed by atoms with van der Waals surface area (Å²) in [7, 11) is 3.77. The summed E-state index contributed by atoms with van der Waals surface area (Å²) in [4.78, 5) is 37.8. The molecule has 0 unspecified atom stereocenters. The topological polar surface area (TPSA) is 117 Å². The number of hydrazine groups is 1. The predicted molar refractivity (Wildman–Crippen MR) is 144 cm³/mol. The number of aliphatic imine (C=N–C) groups is 1. The highest BCUT2D eigenvalue weighted by molar-refractivity contribution is 7.15. The molecular weight excluding hydrogens is 474 g/mol. The Bertz CT molecular complexity index is 1350. The largest absolute Gasteiger partial charge is 0.383 e.